The van der Waals surface area contributed by atoms with Gasteiger partial charge in [0.25, 0.3) is 0 Å². The van der Waals surface area contributed by atoms with Crippen LogP contribution in [-0.4, -0.2) is 57.2 Å². The Morgan fingerprint density at radius 1 is 1.17 bits per heavy atom. The molecule has 0 atom stereocenters. The van der Waals surface area contributed by atoms with Gasteiger partial charge < -0.3 is 15.1 Å². The standard InChI is InChI=1S/C17H17NO5S/c19-13-9-14(11-3-1-2-4-12(11)15(13)20)24-10-17(23)5-7-18(8-6-17)16(21)22/h1-4,9,23H,5-8,10H2,(H,21,22). The number of hydrogen-bond donors (Lipinski definition) is 2. The van der Waals surface area contributed by atoms with Crippen molar-refractivity contribution in [1.29, 1.82) is 0 Å². The number of carbonyl (C=O) groups excluding carboxylic acids is 2. The summed E-state index contributed by atoms with van der Waals surface area (Å²) in [5.41, 5.74) is 0.121. The predicted octanol–water partition coefficient (Wildman–Crippen LogP) is 2.03. The highest BCUT2D eigenvalue weighted by atomic mass is 32.2. The highest BCUT2D eigenvalue weighted by Crippen LogP contribution is 2.37. The highest BCUT2D eigenvalue weighted by Gasteiger charge is 2.35. The largest absolute Gasteiger partial charge is 0.465 e. The second kappa shape index (κ2) is 6.41. The summed E-state index contributed by atoms with van der Waals surface area (Å²) >= 11 is 1.33. The molecule has 0 aromatic heterocycles. The predicted molar refractivity (Wildman–Crippen MR) is 90.0 cm³/mol. The van der Waals surface area contributed by atoms with Crippen molar-refractivity contribution in [3.05, 3.63) is 41.5 Å². The minimum absolute atomic E-state index is 0.291. The summed E-state index contributed by atoms with van der Waals surface area (Å²) in [6, 6.07) is 6.93. The summed E-state index contributed by atoms with van der Waals surface area (Å²) in [5, 5.41) is 19.6. The Labute approximate surface area is 143 Å². The monoisotopic (exact) mass is 347 g/mol. The van der Waals surface area contributed by atoms with E-state index in [1.54, 1.807) is 24.3 Å². The van der Waals surface area contributed by atoms with Crippen LogP contribution in [0.1, 0.15) is 28.8 Å². The van der Waals surface area contributed by atoms with E-state index in [4.69, 9.17) is 5.11 Å². The summed E-state index contributed by atoms with van der Waals surface area (Å²) in [7, 11) is 0. The van der Waals surface area contributed by atoms with E-state index in [2.05, 4.69) is 0 Å². The highest BCUT2D eigenvalue weighted by molar-refractivity contribution is 8.08. The van der Waals surface area contributed by atoms with Crippen LogP contribution < -0.4 is 0 Å². The average Bonchev–Trinajstić information content (AvgIpc) is 2.57. The van der Waals surface area contributed by atoms with Gasteiger partial charge in [-0.15, -0.1) is 11.8 Å². The molecule has 3 rings (SSSR count). The third-order valence-electron chi connectivity index (χ3n) is 4.38. The third kappa shape index (κ3) is 3.22. The Bertz CT molecular complexity index is 734. The molecule has 0 unspecified atom stereocenters. The van der Waals surface area contributed by atoms with Crippen LogP contribution in [0.25, 0.3) is 4.91 Å². The lowest BCUT2D eigenvalue weighted by Gasteiger charge is -2.37. The molecule has 0 spiro atoms. The molecule has 2 N–H and O–H groups in total. The number of carbonyl (C=O) groups is 3. The number of fused-ring (bicyclic) bond motifs is 1. The maximum absolute atomic E-state index is 11.9. The number of piperidine rings is 1. The average molecular weight is 347 g/mol. The SMILES string of the molecule is O=C1C=C(SCC2(O)CCN(C(=O)O)CC2)c2ccccc2C1=O. The summed E-state index contributed by atoms with van der Waals surface area (Å²) in [5.74, 6) is -0.713. The molecule has 126 valence electrons. The molecule has 0 saturated carbocycles. The fraction of sp³-hybridized carbons (Fsp3) is 0.353. The summed E-state index contributed by atoms with van der Waals surface area (Å²) in [4.78, 5) is 36.7. The first-order chi connectivity index (χ1) is 11.4. The van der Waals surface area contributed by atoms with Gasteiger partial charge in [-0.2, -0.15) is 0 Å². The molecule has 2 aliphatic rings. The molecule has 1 aliphatic heterocycles. The number of thioether (sulfide) groups is 1. The van der Waals surface area contributed by atoms with Gasteiger partial charge >= 0.3 is 6.09 Å². The summed E-state index contributed by atoms with van der Waals surface area (Å²) in [6.45, 7) is 0.582. The van der Waals surface area contributed by atoms with Gasteiger partial charge in [0, 0.05) is 35.4 Å². The molecular formula is C17H17NO5S. The van der Waals surface area contributed by atoms with Crippen molar-refractivity contribution < 1.29 is 24.6 Å². The molecule has 1 fully saturated rings. The topological polar surface area (TPSA) is 94.9 Å². The smallest absolute Gasteiger partial charge is 0.407 e. The molecule has 1 aliphatic carbocycles. The van der Waals surface area contributed by atoms with Crippen LogP contribution in [-0.2, 0) is 4.79 Å². The molecule has 1 saturated heterocycles. The zero-order valence-electron chi connectivity index (χ0n) is 12.9. The Morgan fingerprint density at radius 3 is 2.42 bits per heavy atom. The van der Waals surface area contributed by atoms with Crippen LogP contribution in [0.5, 0.6) is 0 Å². The molecule has 1 heterocycles. The Kier molecular flexibility index (Phi) is 4.47. The Balaban J connectivity index is 1.71. The lowest BCUT2D eigenvalue weighted by Crippen LogP contribution is -2.47. The maximum atomic E-state index is 11.9. The van der Waals surface area contributed by atoms with E-state index in [0.717, 1.165) is 0 Å². The molecule has 6 nitrogen and oxygen atoms in total. The first-order valence-electron chi connectivity index (χ1n) is 7.62. The van der Waals surface area contributed by atoms with Gasteiger partial charge in [0.2, 0.25) is 11.6 Å². The van der Waals surface area contributed by atoms with Crippen LogP contribution in [0.3, 0.4) is 0 Å². The lowest BCUT2D eigenvalue weighted by molar-refractivity contribution is -0.110. The van der Waals surface area contributed by atoms with Crippen LogP contribution in [0.2, 0.25) is 0 Å². The summed E-state index contributed by atoms with van der Waals surface area (Å²) < 4.78 is 0. The first-order valence-corrected chi connectivity index (χ1v) is 8.61. The van der Waals surface area contributed by atoms with E-state index in [-0.39, 0.29) is 0 Å². The van der Waals surface area contributed by atoms with Crippen LogP contribution >= 0.6 is 11.8 Å². The van der Waals surface area contributed by atoms with Gasteiger partial charge in [0.05, 0.1) is 5.60 Å². The fourth-order valence-corrected chi connectivity index (χ4v) is 4.12. The second-order valence-electron chi connectivity index (χ2n) is 6.03. The van der Waals surface area contributed by atoms with Gasteiger partial charge in [-0.25, -0.2) is 4.79 Å². The molecule has 0 bridgehead atoms. The molecule has 1 aromatic carbocycles. The number of benzene rings is 1. The lowest BCUT2D eigenvalue weighted by atomic mass is 9.94. The number of likely N-dealkylation sites (tertiary alicyclic amines) is 1. The van der Waals surface area contributed by atoms with Crippen molar-refractivity contribution in [2.75, 3.05) is 18.8 Å². The number of aliphatic hydroxyl groups is 1. The zero-order valence-corrected chi connectivity index (χ0v) is 13.7. The van der Waals surface area contributed by atoms with Crippen LogP contribution in [0.4, 0.5) is 4.79 Å². The minimum atomic E-state index is -0.975. The number of rotatable bonds is 3. The third-order valence-corrected chi connectivity index (χ3v) is 5.71. The number of Topliss-reactive ketones (excluding diaryl/α,β-unsaturated/α-hetero) is 1. The van der Waals surface area contributed by atoms with Gasteiger partial charge in [0.1, 0.15) is 0 Å². The molecule has 24 heavy (non-hydrogen) atoms. The molecule has 7 heteroatoms. The van der Waals surface area contributed by atoms with E-state index in [1.807, 2.05) is 0 Å². The number of carboxylic acid groups (broad SMARTS) is 1. The van der Waals surface area contributed by atoms with Crippen molar-refractivity contribution in [3.8, 4) is 0 Å². The number of amides is 1. The van der Waals surface area contributed by atoms with E-state index >= 15 is 0 Å². The van der Waals surface area contributed by atoms with Gasteiger partial charge in [0.15, 0.2) is 0 Å². The fourth-order valence-electron chi connectivity index (χ4n) is 2.88. The van der Waals surface area contributed by atoms with Crippen molar-refractivity contribution in [1.82, 2.24) is 4.90 Å². The van der Waals surface area contributed by atoms with Gasteiger partial charge in [-0.1, -0.05) is 24.3 Å². The van der Waals surface area contributed by atoms with Gasteiger partial charge in [-0.05, 0) is 18.4 Å². The van der Waals surface area contributed by atoms with Crippen LogP contribution in [0, 0.1) is 0 Å². The van der Waals surface area contributed by atoms with E-state index in [0.29, 0.717) is 47.7 Å². The molecule has 0 radical (unpaired) electrons. The number of hydrogen-bond acceptors (Lipinski definition) is 5. The van der Waals surface area contributed by atoms with Crippen molar-refractivity contribution in [2.24, 2.45) is 0 Å². The molecule has 1 amide bonds. The molecular weight excluding hydrogens is 330 g/mol. The second-order valence-corrected chi connectivity index (χ2v) is 7.05. The zero-order chi connectivity index (χ0) is 17.3. The Morgan fingerprint density at radius 2 is 1.79 bits per heavy atom. The van der Waals surface area contributed by atoms with Gasteiger partial charge in [-0.3, -0.25) is 9.59 Å². The summed E-state index contributed by atoms with van der Waals surface area (Å²) in [6.07, 6.45) is 1.06. The van der Waals surface area contributed by atoms with Crippen molar-refractivity contribution in [2.45, 2.75) is 18.4 Å². The van der Waals surface area contributed by atoms with E-state index in [9.17, 15) is 19.5 Å². The number of allylic oxidation sites excluding steroid dienone is 1. The normalized spacial score (nSPS) is 19.7. The van der Waals surface area contributed by atoms with Crippen LogP contribution in [0.15, 0.2) is 30.3 Å². The van der Waals surface area contributed by atoms with E-state index < -0.39 is 23.3 Å². The minimum Gasteiger partial charge on any atom is -0.465 e. The van der Waals surface area contributed by atoms with E-state index in [1.165, 1.54) is 22.7 Å². The Hall–Kier alpha value is -2.12. The number of nitrogens with zero attached hydrogens (tertiary/aromatic N) is 1. The maximum Gasteiger partial charge on any atom is 0.407 e. The van der Waals surface area contributed by atoms with Crippen molar-refractivity contribution >= 4 is 34.3 Å². The first kappa shape index (κ1) is 16.7. The van der Waals surface area contributed by atoms with Crippen molar-refractivity contribution in [3.63, 3.8) is 0 Å². The molecule has 1 aromatic rings. The quantitative estimate of drug-likeness (QED) is 0.813. The number of ketones is 2.